The van der Waals surface area contributed by atoms with Gasteiger partial charge in [0.1, 0.15) is 11.5 Å². The van der Waals surface area contributed by atoms with Gasteiger partial charge in [-0.1, -0.05) is 30.7 Å². The van der Waals surface area contributed by atoms with Crippen molar-refractivity contribution in [1.29, 1.82) is 0 Å². The molecule has 2 N–H and O–H groups in total. The summed E-state index contributed by atoms with van der Waals surface area (Å²) in [5, 5.41) is 8.21. The fraction of sp³-hybridized carbons (Fsp3) is 0.412. The number of carbonyl (C=O) groups is 1. The fourth-order valence-electron chi connectivity index (χ4n) is 2.84. The molecule has 1 aromatic carbocycles. The zero-order valence-corrected chi connectivity index (χ0v) is 12.5. The number of hydrogen-bond acceptors (Lipinski definition) is 3. The number of nitrogens with one attached hydrogen (secondary N) is 2. The molecule has 0 spiro atoms. The van der Waals surface area contributed by atoms with E-state index in [-0.39, 0.29) is 11.9 Å². The Balaban J connectivity index is 1.87. The number of hydrogen-bond donors (Lipinski definition) is 2. The summed E-state index contributed by atoms with van der Waals surface area (Å²) < 4.78 is 0. The Morgan fingerprint density at radius 1 is 1.33 bits per heavy atom. The van der Waals surface area contributed by atoms with Crippen LogP contribution in [0, 0.1) is 5.92 Å². The van der Waals surface area contributed by atoms with Crippen LogP contribution in [0.2, 0.25) is 0 Å². The van der Waals surface area contributed by atoms with E-state index in [2.05, 4.69) is 22.5 Å². The van der Waals surface area contributed by atoms with Crippen molar-refractivity contribution < 1.29 is 4.79 Å². The maximum absolute atomic E-state index is 12.4. The second-order valence-corrected chi connectivity index (χ2v) is 5.78. The number of carbonyl (C=O) groups excluding carboxylic acids is 1. The van der Waals surface area contributed by atoms with Gasteiger partial charge in [-0.25, -0.2) is 4.98 Å². The molecule has 1 heterocycles. The number of aromatic nitrogens is 1. The number of benzene rings is 1. The Hall–Kier alpha value is -2.10. The van der Waals surface area contributed by atoms with Gasteiger partial charge >= 0.3 is 0 Å². The largest absolute Gasteiger partial charge is 0.373 e. The minimum absolute atomic E-state index is 0.0864. The molecule has 1 fully saturated rings. The van der Waals surface area contributed by atoms with Gasteiger partial charge in [-0.3, -0.25) is 4.79 Å². The van der Waals surface area contributed by atoms with Crippen molar-refractivity contribution in [3.8, 4) is 0 Å². The molecule has 1 aliphatic rings. The molecule has 0 radical (unpaired) electrons. The molecule has 1 aromatic heterocycles. The highest BCUT2D eigenvalue weighted by molar-refractivity contribution is 6.00. The van der Waals surface area contributed by atoms with Crippen LogP contribution in [-0.2, 0) is 0 Å². The van der Waals surface area contributed by atoms with Crippen LogP contribution < -0.4 is 10.6 Å². The van der Waals surface area contributed by atoms with E-state index in [1.807, 2.05) is 37.4 Å². The van der Waals surface area contributed by atoms with E-state index in [1.165, 1.54) is 19.3 Å². The molecule has 1 aliphatic carbocycles. The third kappa shape index (κ3) is 2.71. The van der Waals surface area contributed by atoms with Crippen LogP contribution in [-0.4, -0.2) is 24.0 Å². The van der Waals surface area contributed by atoms with E-state index in [1.54, 1.807) is 0 Å². The number of rotatable bonds is 4. The first-order chi connectivity index (χ1) is 10.2. The summed E-state index contributed by atoms with van der Waals surface area (Å²) >= 11 is 0. The van der Waals surface area contributed by atoms with Crippen molar-refractivity contribution in [1.82, 2.24) is 10.3 Å². The Bertz CT molecular complexity index is 664. The molecule has 4 nitrogen and oxygen atoms in total. The van der Waals surface area contributed by atoms with Crippen molar-refractivity contribution in [3.05, 3.63) is 36.0 Å². The lowest BCUT2D eigenvalue weighted by molar-refractivity contribution is 0.0904. The minimum Gasteiger partial charge on any atom is -0.373 e. The first-order valence-electron chi connectivity index (χ1n) is 7.57. The highest BCUT2D eigenvalue weighted by Gasteiger charge is 2.25. The zero-order valence-electron chi connectivity index (χ0n) is 12.5. The maximum atomic E-state index is 12.4. The lowest BCUT2D eigenvalue weighted by atomic mass is 9.80. The molecule has 1 amide bonds. The summed E-state index contributed by atoms with van der Waals surface area (Å²) in [6, 6.07) is 10.0. The molecular formula is C17H21N3O. The number of anilines is 1. The van der Waals surface area contributed by atoms with Crippen LogP contribution in [0.25, 0.3) is 10.8 Å². The molecule has 4 heteroatoms. The molecule has 0 saturated heterocycles. The van der Waals surface area contributed by atoms with Gasteiger partial charge in [-0.2, -0.15) is 0 Å². The first-order valence-corrected chi connectivity index (χ1v) is 7.57. The van der Waals surface area contributed by atoms with Crippen molar-refractivity contribution in [2.24, 2.45) is 5.92 Å². The number of nitrogens with zero attached hydrogens (tertiary/aromatic N) is 1. The Morgan fingerprint density at radius 2 is 2.10 bits per heavy atom. The van der Waals surface area contributed by atoms with Gasteiger partial charge in [0.15, 0.2) is 0 Å². The second kappa shape index (κ2) is 5.72. The Morgan fingerprint density at radius 3 is 2.76 bits per heavy atom. The van der Waals surface area contributed by atoms with Crippen LogP contribution in [0.5, 0.6) is 0 Å². The highest BCUT2D eigenvalue weighted by Crippen LogP contribution is 2.29. The lowest BCUT2D eigenvalue weighted by Crippen LogP contribution is -2.41. The molecule has 0 bridgehead atoms. The molecule has 110 valence electrons. The van der Waals surface area contributed by atoms with E-state index in [0.29, 0.717) is 11.6 Å². The van der Waals surface area contributed by atoms with Gasteiger partial charge in [0, 0.05) is 18.5 Å². The molecule has 0 aliphatic heterocycles. The number of pyridine rings is 1. The summed E-state index contributed by atoms with van der Waals surface area (Å²) in [6.45, 7) is 2.09. The van der Waals surface area contributed by atoms with Crippen LogP contribution in [0.3, 0.4) is 0 Å². The monoisotopic (exact) mass is 283 g/mol. The van der Waals surface area contributed by atoms with Gasteiger partial charge in [0.25, 0.3) is 5.91 Å². The van der Waals surface area contributed by atoms with Crippen molar-refractivity contribution in [2.45, 2.75) is 32.2 Å². The third-order valence-electron chi connectivity index (χ3n) is 4.43. The third-order valence-corrected chi connectivity index (χ3v) is 4.43. The van der Waals surface area contributed by atoms with E-state index in [9.17, 15) is 4.79 Å². The van der Waals surface area contributed by atoms with Crippen LogP contribution in [0.4, 0.5) is 5.82 Å². The lowest BCUT2D eigenvalue weighted by Gasteiger charge is -2.31. The Labute approximate surface area is 125 Å². The van der Waals surface area contributed by atoms with Crippen molar-refractivity contribution in [2.75, 3.05) is 12.4 Å². The summed E-state index contributed by atoms with van der Waals surface area (Å²) in [6.07, 6.45) is 3.71. The molecule has 1 saturated carbocycles. The van der Waals surface area contributed by atoms with Gasteiger partial charge in [0.2, 0.25) is 0 Å². The number of amides is 1. The summed E-state index contributed by atoms with van der Waals surface area (Å²) in [5.41, 5.74) is 0.476. The SMILES string of the molecule is CNc1nc(C(=O)NC(C)C2CCC2)cc2ccccc12. The van der Waals surface area contributed by atoms with E-state index in [4.69, 9.17) is 0 Å². The molecule has 1 atom stereocenters. The van der Waals surface area contributed by atoms with Crippen LogP contribution in [0.1, 0.15) is 36.7 Å². The predicted molar refractivity (Wildman–Crippen MR) is 85.6 cm³/mol. The van der Waals surface area contributed by atoms with Crippen molar-refractivity contribution in [3.63, 3.8) is 0 Å². The van der Waals surface area contributed by atoms with Gasteiger partial charge in [0.05, 0.1) is 0 Å². The van der Waals surface area contributed by atoms with Gasteiger partial charge in [-0.15, -0.1) is 0 Å². The summed E-state index contributed by atoms with van der Waals surface area (Å²) in [7, 11) is 1.83. The standard InChI is InChI=1S/C17H21N3O/c1-11(12-7-5-8-12)19-17(21)15-10-13-6-3-4-9-14(13)16(18-2)20-15/h3-4,6,9-12H,5,7-8H2,1-2H3,(H,18,20)(H,19,21). The molecular weight excluding hydrogens is 262 g/mol. The summed E-state index contributed by atoms with van der Waals surface area (Å²) in [5.74, 6) is 1.28. The smallest absolute Gasteiger partial charge is 0.270 e. The van der Waals surface area contributed by atoms with E-state index < -0.39 is 0 Å². The number of fused-ring (bicyclic) bond motifs is 1. The Kier molecular flexibility index (Phi) is 3.78. The first kappa shape index (κ1) is 13.9. The maximum Gasteiger partial charge on any atom is 0.270 e. The topological polar surface area (TPSA) is 54.0 Å². The normalized spacial score (nSPS) is 16.3. The molecule has 2 aromatic rings. The van der Waals surface area contributed by atoms with Gasteiger partial charge in [-0.05, 0) is 37.1 Å². The van der Waals surface area contributed by atoms with Crippen molar-refractivity contribution >= 4 is 22.5 Å². The van der Waals surface area contributed by atoms with Crippen LogP contribution in [0.15, 0.2) is 30.3 Å². The van der Waals surface area contributed by atoms with Crippen LogP contribution >= 0.6 is 0 Å². The zero-order chi connectivity index (χ0) is 14.8. The van der Waals surface area contributed by atoms with Gasteiger partial charge < -0.3 is 10.6 Å². The predicted octanol–water partition coefficient (Wildman–Crippen LogP) is 3.19. The fourth-order valence-corrected chi connectivity index (χ4v) is 2.84. The second-order valence-electron chi connectivity index (χ2n) is 5.78. The average molecular weight is 283 g/mol. The van der Waals surface area contributed by atoms with E-state index in [0.717, 1.165) is 16.6 Å². The summed E-state index contributed by atoms with van der Waals surface area (Å²) in [4.78, 5) is 16.9. The quantitative estimate of drug-likeness (QED) is 0.906. The minimum atomic E-state index is -0.0864. The molecule has 3 rings (SSSR count). The highest BCUT2D eigenvalue weighted by atomic mass is 16.1. The average Bonchev–Trinajstić information content (AvgIpc) is 2.44. The molecule has 21 heavy (non-hydrogen) atoms. The molecule has 1 unspecified atom stereocenters. The van der Waals surface area contributed by atoms with E-state index >= 15 is 0 Å².